The van der Waals surface area contributed by atoms with E-state index in [-0.39, 0.29) is 13.7 Å². The van der Waals surface area contributed by atoms with Gasteiger partial charge in [-0.3, -0.25) is 0 Å². The second-order valence-corrected chi connectivity index (χ2v) is 36.9. The Morgan fingerprint density at radius 1 is 0.538 bits per heavy atom. The van der Waals surface area contributed by atoms with Gasteiger partial charge in [0.25, 0.3) is 0 Å². The Morgan fingerprint density at radius 2 is 0.731 bits per heavy atom. The molecule has 0 aromatic rings. The molecule has 0 amide bonds. The van der Waals surface area contributed by atoms with Crippen LogP contribution in [0.3, 0.4) is 0 Å². The molecular weight excluding hydrogens is 542 g/mol. The van der Waals surface area contributed by atoms with Crippen LogP contribution in [-0.2, 0) is 15.7 Å². The number of carbonyl (C=O) groups is 2. The van der Waals surface area contributed by atoms with E-state index >= 15 is 0 Å². The van der Waals surface area contributed by atoms with Crippen LogP contribution in [0.1, 0.15) is 83.1 Å². The van der Waals surface area contributed by atoms with Gasteiger partial charge in [0.05, 0.1) is 0 Å². The zero-order chi connectivity index (χ0) is 21.1. The van der Waals surface area contributed by atoms with Gasteiger partial charge in [0.1, 0.15) is 0 Å². The van der Waals surface area contributed by atoms with Crippen molar-refractivity contribution in [1.29, 1.82) is 0 Å². The number of carbonyl (C=O) groups excluding carboxylic acids is 2. The molecule has 0 spiro atoms. The van der Waals surface area contributed by atoms with Gasteiger partial charge in [0.15, 0.2) is 0 Å². The van der Waals surface area contributed by atoms with Gasteiger partial charge in [-0.25, -0.2) is 0 Å². The van der Waals surface area contributed by atoms with Gasteiger partial charge in [-0.05, 0) is 0 Å². The minimum atomic E-state index is -2.67. The maximum atomic E-state index is 12.3. The first-order valence-electron chi connectivity index (χ1n) is 9.35. The second kappa shape index (κ2) is 9.18. The number of rotatable bonds is 4. The molecule has 0 atom stereocenters. The van der Waals surface area contributed by atoms with Gasteiger partial charge in [-0.1, -0.05) is 0 Å². The average Bonchev–Trinajstić information content (AvgIpc) is 2.34. The number of hydrogen-bond acceptors (Lipinski definition) is 4. The van der Waals surface area contributed by atoms with Crippen LogP contribution in [0.15, 0.2) is 12.2 Å². The van der Waals surface area contributed by atoms with E-state index < -0.39 is 52.3 Å². The summed E-state index contributed by atoms with van der Waals surface area (Å²) in [6, 6.07) is 0. The summed E-state index contributed by atoms with van der Waals surface area (Å²) in [6.07, 6.45) is 2.50. The van der Waals surface area contributed by atoms with E-state index in [1.807, 2.05) is 0 Å². The normalized spacial score (nSPS) is 14.2. The van der Waals surface area contributed by atoms with Crippen LogP contribution in [-0.4, -0.2) is 52.3 Å². The predicted molar refractivity (Wildman–Crippen MR) is 114 cm³/mol. The first-order valence-corrected chi connectivity index (χ1v) is 18.6. The van der Waals surface area contributed by atoms with Crippen LogP contribution in [0.2, 0.25) is 13.7 Å². The van der Waals surface area contributed by atoms with Crippen LogP contribution < -0.4 is 0 Å². The molecule has 0 aliphatic rings. The van der Waals surface area contributed by atoms with Gasteiger partial charge in [-0.2, -0.15) is 0 Å². The molecule has 0 aliphatic heterocycles. The first kappa shape index (κ1) is 26.3. The van der Waals surface area contributed by atoms with Gasteiger partial charge in [0.2, 0.25) is 0 Å². The van der Waals surface area contributed by atoms with Gasteiger partial charge < -0.3 is 0 Å². The summed E-state index contributed by atoms with van der Waals surface area (Å²) in [5.74, 6) is -0.822. The average molecular weight is 582 g/mol. The molecule has 0 unspecified atom stereocenters. The third kappa shape index (κ3) is 9.47. The van der Waals surface area contributed by atoms with E-state index in [1.165, 1.54) is 12.2 Å². The van der Waals surface area contributed by atoms with E-state index in [0.717, 1.165) is 0 Å². The predicted octanol–water partition coefficient (Wildman–Crippen LogP) is 5.28. The van der Waals surface area contributed by atoms with Gasteiger partial charge >= 0.3 is 177 Å². The Morgan fingerprint density at radius 3 is 0.885 bits per heavy atom. The molecule has 0 aromatic carbocycles. The van der Waals surface area contributed by atoms with Crippen molar-refractivity contribution >= 4 is 52.3 Å². The van der Waals surface area contributed by atoms with E-state index in [0.29, 0.717) is 0 Å². The van der Waals surface area contributed by atoms with E-state index in [2.05, 4.69) is 83.1 Å². The zero-order valence-corrected chi connectivity index (χ0v) is 25.5. The fourth-order valence-corrected chi connectivity index (χ4v) is 24.4. The van der Waals surface area contributed by atoms with Crippen molar-refractivity contribution in [2.75, 3.05) is 0 Å². The monoisotopic (exact) mass is 584 g/mol. The molecule has 0 radical (unpaired) electrons. The summed E-state index contributed by atoms with van der Waals surface area (Å²) in [4.78, 5) is 24.6. The zero-order valence-electron chi connectivity index (χ0n) is 18.9. The number of hydrogen-bond donors (Lipinski definition) is 0. The molecule has 0 fully saturated rings. The molecule has 0 bridgehead atoms. The molecule has 0 rings (SSSR count). The Labute approximate surface area is 176 Å². The fraction of sp³-hybridized carbons (Fsp3) is 0.800. The van der Waals surface area contributed by atoms with E-state index in [4.69, 9.17) is 6.15 Å². The van der Waals surface area contributed by atoms with Crippen LogP contribution >= 0.6 is 0 Å². The SMILES string of the molecule is C[C](C)(C)[SnH]([O]C(=O)/C=C\C(=O)[O][SnH]([C](C)(C)C)[C](C)(C)C)[C](C)(C)C. The summed E-state index contributed by atoms with van der Waals surface area (Å²) in [7, 11) is 0. The molecule has 0 aromatic heterocycles. The summed E-state index contributed by atoms with van der Waals surface area (Å²) in [5, 5.41) is 0. The van der Waals surface area contributed by atoms with Crippen molar-refractivity contribution < 1.29 is 15.7 Å². The summed E-state index contributed by atoms with van der Waals surface area (Å²) < 4.78 is 11.8. The Balaban J connectivity index is 5.10. The Kier molecular flexibility index (Phi) is 9.28. The van der Waals surface area contributed by atoms with Crippen molar-refractivity contribution in [1.82, 2.24) is 0 Å². The van der Waals surface area contributed by atoms with Crippen LogP contribution in [0, 0.1) is 0 Å². The van der Waals surface area contributed by atoms with Crippen LogP contribution in [0.5, 0.6) is 0 Å². The molecule has 26 heavy (non-hydrogen) atoms. The quantitative estimate of drug-likeness (QED) is 0.335. The Hall–Kier alpha value is 0.277. The Bertz CT molecular complexity index is 450. The van der Waals surface area contributed by atoms with Gasteiger partial charge in [-0.15, -0.1) is 0 Å². The van der Waals surface area contributed by atoms with Crippen molar-refractivity contribution in [3.05, 3.63) is 12.2 Å². The van der Waals surface area contributed by atoms with Gasteiger partial charge in [0, 0.05) is 0 Å². The molecule has 6 heteroatoms. The summed E-state index contributed by atoms with van der Waals surface area (Å²) in [6.45, 7) is 25.6. The molecule has 0 aliphatic carbocycles. The van der Waals surface area contributed by atoms with E-state index in [9.17, 15) is 9.59 Å². The standard InChI is InChI=1S/C4H4O4.4C4H9.2Sn.2H/c5-3(6)1-2-4(7)8;4*1-4(2)3;;;;/h1-2H,(H,5,6)(H,7,8);4*1-3H3;;;;/q;;;;;2*+1;;/p-2/b2-1-;;;;;;;;. The fourth-order valence-electron chi connectivity index (χ4n) is 3.75. The minimum absolute atomic E-state index is 0.0178. The maximum absolute atomic E-state index is 12.3. The molecule has 0 N–H and O–H groups in total. The third-order valence-electron chi connectivity index (χ3n) is 3.97. The van der Waals surface area contributed by atoms with Crippen molar-refractivity contribution in [2.45, 2.75) is 96.8 Å². The molecular formula is C20H40O4Sn2. The molecule has 0 heterocycles. The second-order valence-electron chi connectivity index (χ2n) is 11.4. The van der Waals surface area contributed by atoms with Crippen LogP contribution in [0.25, 0.3) is 0 Å². The van der Waals surface area contributed by atoms with Crippen molar-refractivity contribution in [3.8, 4) is 0 Å². The molecule has 0 saturated heterocycles. The molecule has 0 saturated carbocycles. The van der Waals surface area contributed by atoms with Crippen molar-refractivity contribution in [3.63, 3.8) is 0 Å². The third-order valence-corrected chi connectivity index (χ3v) is 24.6. The topological polar surface area (TPSA) is 52.6 Å². The first-order chi connectivity index (χ1) is 11.3. The summed E-state index contributed by atoms with van der Waals surface area (Å²) >= 11 is -5.34. The van der Waals surface area contributed by atoms with Crippen LogP contribution in [0.4, 0.5) is 0 Å². The summed E-state index contributed by atoms with van der Waals surface area (Å²) in [5.41, 5.74) is 0. The van der Waals surface area contributed by atoms with E-state index in [1.54, 1.807) is 0 Å². The molecule has 4 nitrogen and oxygen atoms in total. The van der Waals surface area contributed by atoms with Crippen molar-refractivity contribution in [2.24, 2.45) is 0 Å². The molecule has 152 valence electrons.